The van der Waals surface area contributed by atoms with Crippen LogP contribution in [0.15, 0.2) is 57.1 Å². The number of hydrogen-bond acceptors (Lipinski definition) is 6. The maximum absolute atomic E-state index is 12.5. The Hall–Kier alpha value is -2.20. The van der Waals surface area contributed by atoms with E-state index in [1.807, 2.05) is 35.7 Å². The van der Waals surface area contributed by atoms with E-state index in [9.17, 15) is 18.3 Å². The SMILES string of the molecule is Cc1cc(S(=O)(=O)NCCSc2nc(-c3ccccc3)cs2)cc(C(=O)O)c1C. The number of thiazole rings is 1. The lowest BCUT2D eigenvalue weighted by Crippen LogP contribution is -2.26. The van der Waals surface area contributed by atoms with Crippen molar-refractivity contribution in [2.75, 3.05) is 12.3 Å². The summed E-state index contributed by atoms with van der Waals surface area (Å²) in [6, 6.07) is 12.5. The van der Waals surface area contributed by atoms with Crippen LogP contribution in [0.1, 0.15) is 21.5 Å². The predicted octanol–water partition coefficient (Wildman–Crippen LogP) is 4.20. The Labute approximate surface area is 178 Å². The number of hydrogen-bond donors (Lipinski definition) is 2. The van der Waals surface area contributed by atoms with E-state index in [2.05, 4.69) is 9.71 Å². The number of aromatic carboxylic acids is 1. The molecule has 29 heavy (non-hydrogen) atoms. The largest absolute Gasteiger partial charge is 0.478 e. The van der Waals surface area contributed by atoms with E-state index in [1.54, 1.807) is 13.8 Å². The molecule has 0 bridgehead atoms. The lowest BCUT2D eigenvalue weighted by atomic mass is 10.0. The minimum Gasteiger partial charge on any atom is -0.478 e. The highest BCUT2D eigenvalue weighted by Gasteiger charge is 2.19. The molecule has 152 valence electrons. The Kier molecular flexibility index (Phi) is 6.74. The first kappa shape index (κ1) is 21.5. The van der Waals surface area contributed by atoms with E-state index in [-0.39, 0.29) is 17.0 Å². The van der Waals surface area contributed by atoms with Gasteiger partial charge in [0.05, 0.1) is 16.2 Å². The van der Waals surface area contributed by atoms with Crippen LogP contribution in [0.5, 0.6) is 0 Å². The topological polar surface area (TPSA) is 96.4 Å². The molecule has 0 saturated carbocycles. The highest BCUT2D eigenvalue weighted by molar-refractivity contribution is 8.01. The molecular weight excluding hydrogens is 428 g/mol. The van der Waals surface area contributed by atoms with E-state index in [4.69, 9.17) is 0 Å². The molecule has 0 amide bonds. The van der Waals surface area contributed by atoms with Crippen molar-refractivity contribution in [1.82, 2.24) is 9.71 Å². The highest BCUT2D eigenvalue weighted by atomic mass is 32.2. The average molecular weight is 449 g/mol. The smallest absolute Gasteiger partial charge is 0.336 e. The molecule has 0 radical (unpaired) electrons. The molecular formula is C20H20N2O4S3. The second-order valence-corrected chi connectivity index (χ2v) is 10.3. The van der Waals surface area contributed by atoms with Gasteiger partial charge in [-0.1, -0.05) is 42.1 Å². The number of benzene rings is 2. The lowest BCUT2D eigenvalue weighted by Gasteiger charge is -2.11. The van der Waals surface area contributed by atoms with Crippen LogP contribution in [0.3, 0.4) is 0 Å². The van der Waals surface area contributed by atoms with E-state index >= 15 is 0 Å². The molecule has 0 atom stereocenters. The van der Waals surface area contributed by atoms with Crippen LogP contribution >= 0.6 is 23.1 Å². The third kappa shape index (κ3) is 5.24. The molecule has 2 aromatic carbocycles. The molecule has 3 rings (SSSR count). The Balaban J connectivity index is 1.61. The normalized spacial score (nSPS) is 11.5. The average Bonchev–Trinajstić information content (AvgIpc) is 3.16. The van der Waals surface area contributed by atoms with Gasteiger partial charge in [0.25, 0.3) is 0 Å². The molecule has 0 aliphatic carbocycles. The first-order chi connectivity index (χ1) is 13.8. The Bertz CT molecular complexity index is 1130. The number of carboxylic acids is 1. The first-order valence-corrected chi connectivity index (χ1v) is 12.1. The quantitative estimate of drug-likeness (QED) is 0.396. The minimum atomic E-state index is -3.79. The molecule has 0 saturated heterocycles. The van der Waals surface area contributed by atoms with E-state index < -0.39 is 16.0 Å². The van der Waals surface area contributed by atoms with Gasteiger partial charge in [-0.25, -0.2) is 22.9 Å². The van der Waals surface area contributed by atoms with Crippen LogP contribution in [0.25, 0.3) is 11.3 Å². The van der Waals surface area contributed by atoms with Crippen molar-refractivity contribution in [3.05, 3.63) is 64.5 Å². The maximum Gasteiger partial charge on any atom is 0.336 e. The number of rotatable bonds is 8. The van der Waals surface area contributed by atoms with Crippen molar-refractivity contribution >= 4 is 39.1 Å². The number of sulfonamides is 1. The van der Waals surface area contributed by atoms with E-state index in [0.717, 1.165) is 15.6 Å². The van der Waals surface area contributed by atoms with Crippen molar-refractivity contribution in [3.8, 4) is 11.3 Å². The number of aromatic nitrogens is 1. The monoisotopic (exact) mass is 448 g/mol. The van der Waals surface area contributed by atoms with Crippen molar-refractivity contribution < 1.29 is 18.3 Å². The van der Waals surface area contributed by atoms with Gasteiger partial charge in [-0.3, -0.25) is 0 Å². The molecule has 3 aromatic rings. The first-order valence-electron chi connectivity index (χ1n) is 8.76. The van der Waals surface area contributed by atoms with Crippen molar-refractivity contribution in [3.63, 3.8) is 0 Å². The molecule has 0 aliphatic heterocycles. The van der Waals surface area contributed by atoms with Crippen LogP contribution < -0.4 is 4.72 Å². The van der Waals surface area contributed by atoms with Gasteiger partial charge in [0.1, 0.15) is 0 Å². The fourth-order valence-electron chi connectivity index (χ4n) is 2.67. The summed E-state index contributed by atoms with van der Waals surface area (Å²) < 4.78 is 28.5. The second-order valence-electron chi connectivity index (χ2n) is 6.33. The molecule has 0 aliphatic rings. The van der Waals surface area contributed by atoms with Crippen molar-refractivity contribution in [2.45, 2.75) is 23.1 Å². The number of thioether (sulfide) groups is 1. The van der Waals surface area contributed by atoms with Gasteiger partial charge in [-0.2, -0.15) is 0 Å². The van der Waals surface area contributed by atoms with Crippen LogP contribution in [-0.4, -0.2) is 36.8 Å². The molecule has 2 N–H and O–H groups in total. The minimum absolute atomic E-state index is 0.00373. The Morgan fingerprint density at radius 2 is 1.93 bits per heavy atom. The molecule has 6 nitrogen and oxygen atoms in total. The van der Waals surface area contributed by atoms with Gasteiger partial charge >= 0.3 is 5.97 Å². The molecule has 1 aromatic heterocycles. The van der Waals surface area contributed by atoms with E-state index in [0.29, 0.717) is 16.9 Å². The number of nitrogens with zero attached hydrogens (tertiary/aromatic N) is 1. The number of carbonyl (C=O) groups is 1. The summed E-state index contributed by atoms with van der Waals surface area (Å²) in [6.07, 6.45) is 0. The number of carboxylic acid groups (broad SMARTS) is 1. The summed E-state index contributed by atoms with van der Waals surface area (Å²) in [4.78, 5) is 15.9. The second kappa shape index (κ2) is 9.08. The molecule has 1 heterocycles. The van der Waals surface area contributed by atoms with Crippen LogP contribution in [0.2, 0.25) is 0 Å². The van der Waals surface area contributed by atoms with Gasteiger partial charge in [0.15, 0.2) is 4.34 Å². The Morgan fingerprint density at radius 1 is 1.21 bits per heavy atom. The van der Waals surface area contributed by atoms with Crippen molar-refractivity contribution in [1.29, 1.82) is 0 Å². The fraction of sp³-hybridized carbons (Fsp3) is 0.200. The van der Waals surface area contributed by atoms with Crippen LogP contribution in [0.4, 0.5) is 0 Å². The van der Waals surface area contributed by atoms with Crippen LogP contribution in [0, 0.1) is 13.8 Å². The van der Waals surface area contributed by atoms with E-state index in [1.165, 1.54) is 35.2 Å². The third-order valence-corrected chi connectivity index (χ3v) is 7.82. The zero-order valence-electron chi connectivity index (χ0n) is 15.9. The zero-order valence-corrected chi connectivity index (χ0v) is 18.3. The van der Waals surface area contributed by atoms with Gasteiger partial charge in [-0.05, 0) is 37.1 Å². The number of aryl methyl sites for hydroxylation is 1. The molecule has 0 spiro atoms. The summed E-state index contributed by atoms with van der Waals surface area (Å²) in [5.74, 6) is -0.631. The van der Waals surface area contributed by atoms with Gasteiger partial charge < -0.3 is 5.11 Å². The van der Waals surface area contributed by atoms with Gasteiger partial charge in [0, 0.05) is 23.2 Å². The predicted molar refractivity (Wildman–Crippen MR) is 116 cm³/mol. The Morgan fingerprint density at radius 3 is 2.62 bits per heavy atom. The van der Waals surface area contributed by atoms with Crippen LogP contribution in [-0.2, 0) is 10.0 Å². The third-order valence-electron chi connectivity index (χ3n) is 4.35. The van der Waals surface area contributed by atoms with Gasteiger partial charge in [-0.15, -0.1) is 11.3 Å². The number of nitrogens with one attached hydrogen (secondary N) is 1. The van der Waals surface area contributed by atoms with Crippen molar-refractivity contribution in [2.24, 2.45) is 0 Å². The fourth-order valence-corrected chi connectivity index (χ4v) is 5.70. The lowest BCUT2D eigenvalue weighted by molar-refractivity contribution is 0.0695. The summed E-state index contributed by atoms with van der Waals surface area (Å²) >= 11 is 2.99. The summed E-state index contributed by atoms with van der Waals surface area (Å²) in [7, 11) is -3.79. The van der Waals surface area contributed by atoms with Gasteiger partial charge in [0.2, 0.25) is 10.0 Å². The molecule has 0 unspecified atom stereocenters. The molecule has 0 fully saturated rings. The maximum atomic E-state index is 12.5. The highest BCUT2D eigenvalue weighted by Crippen LogP contribution is 2.28. The zero-order chi connectivity index (χ0) is 21.0. The summed E-state index contributed by atoms with van der Waals surface area (Å²) in [6.45, 7) is 3.57. The summed E-state index contributed by atoms with van der Waals surface area (Å²) in [5, 5.41) is 11.3. The standard InChI is InChI=1S/C20H20N2O4S3/c1-13-10-16(11-17(14(13)2)19(23)24)29(25,26)21-8-9-27-20-22-18(12-28-20)15-6-4-3-5-7-15/h3-7,10-12,21H,8-9H2,1-2H3,(H,23,24). The summed E-state index contributed by atoms with van der Waals surface area (Å²) in [5.41, 5.74) is 3.12. The molecule has 9 heteroatoms.